The van der Waals surface area contributed by atoms with Crippen LogP contribution in [0.1, 0.15) is 60.3 Å². The monoisotopic (exact) mass is 360 g/mol. The van der Waals surface area contributed by atoms with E-state index >= 15 is 0 Å². The Hall–Kier alpha value is 0.140. The van der Waals surface area contributed by atoms with E-state index in [-0.39, 0.29) is 11.3 Å². The zero-order chi connectivity index (χ0) is 13.7. The van der Waals surface area contributed by atoms with E-state index in [9.17, 15) is 4.79 Å². The summed E-state index contributed by atoms with van der Waals surface area (Å²) < 4.78 is 0.706. The maximum atomic E-state index is 11.7. The van der Waals surface area contributed by atoms with Gasteiger partial charge in [-0.3, -0.25) is 4.79 Å². The van der Waals surface area contributed by atoms with Gasteiger partial charge in [0.15, 0.2) is 0 Å². The average molecular weight is 360 g/mol. The van der Waals surface area contributed by atoms with E-state index in [2.05, 4.69) is 50.3 Å². The van der Waals surface area contributed by atoms with Crippen molar-refractivity contribution < 1.29 is 4.79 Å². The van der Waals surface area contributed by atoms with Crippen molar-refractivity contribution >= 4 is 28.4 Å². The summed E-state index contributed by atoms with van der Waals surface area (Å²) >= 11 is 2.63. The Balaban J connectivity index is 2.40. The minimum Gasteiger partial charge on any atom is -0.300 e. The van der Waals surface area contributed by atoms with Crippen LogP contribution in [0.15, 0.2) is 11.1 Å². The molecule has 0 aromatic rings. The van der Waals surface area contributed by atoms with Gasteiger partial charge in [-0.05, 0) is 43.4 Å². The molecule has 2 heteroatoms. The molecule has 18 heavy (non-hydrogen) atoms. The molecule has 2 rings (SSSR count). The molecule has 0 radical (unpaired) electrons. The van der Waals surface area contributed by atoms with Crippen molar-refractivity contribution in [1.29, 1.82) is 0 Å². The number of hydrogen-bond acceptors (Lipinski definition) is 1. The van der Waals surface area contributed by atoms with Crippen LogP contribution in [0, 0.1) is 16.7 Å². The lowest BCUT2D eigenvalue weighted by Crippen LogP contribution is -2.46. The normalized spacial score (nSPS) is 34.1. The summed E-state index contributed by atoms with van der Waals surface area (Å²) in [5, 5.41) is 0. The highest BCUT2D eigenvalue weighted by Crippen LogP contribution is 2.58. The van der Waals surface area contributed by atoms with Gasteiger partial charge >= 0.3 is 0 Å². The predicted molar refractivity (Wildman–Crippen MR) is 85.0 cm³/mol. The van der Waals surface area contributed by atoms with Gasteiger partial charge in [-0.25, -0.2) is 0 Å². The molecule has 2 atom stereocenters. The fourth-order valence-electron chi connectivity index (χ4n) is 3.51. The first-order valence-corrected chi connectivity index (χ1v) is 8.28. The zero-order valence-electron chi connectivity index (χ0n) is 12.3. The first-order valence-electron chi connectivity index (χ1n) is 7.04. The molecule has 0 heterocycles. The third-order valence-corrected chi connectivity index (χ3v) is 7.82. The number of ketones is 1. The lowest BCUT2D eigenvalue weighted by molar-refractivity contribution is -0.121. The van der Waals surface area contributed by atoms with E-state index in [1.807, 2.05) is 0 Å². The first-order chi connectivity index (χ1) is 8.18. The lowest BCUT2D eigenvalue weighted by Gasteiger charge is -2.53. The van der Waals surface area contributed by atoms with E-state index in [0.717, 1.165) is 19.3 Å². The summed E-state index contributed by atoms with van der Waals surface area (Å²) in [6, 6.07) is 0. The highest BCUT2D eigenvalue weighted by Gasteiger charge is 2.49. The third-order valence-electron chi connectivity index (χ3n) is 5.82. The largest absolute Gasteiger partial charge is 0.300 e. The molecule has 0 fully saturated rings. The summed E-state index contributed by atoms with van der Waals surface area (Å²) in [5.41, 5.74) is 3.80. The summed E-state index contributed by atoms with van der Waals surface area (Å²) in [7, 11) is 0. The van der Waals surface area contributed by atoms with Crippen molar-refractivity contribution in [2.75, 3.05) is 0 Å². The second kappa shape index (κ2) is 4.60. The van der Waals surface area contributed by atoms with Gasteiger partial charge in [-0.15, -0.1) is 0 Å². The number of alkyl halides is 1. The Morgan fingerprint density at radius 2 is 1.83 bits per heavy atom. The van der Waals surface area contributed by atoms with Crippen LogP contribution in [0.5, 0.6) is 0 Å². The van der Waals surface area contributed by atoms with E-state index in [1.165, 1.54) is 6.42 Å². The van der Waals surface area contributed by atoms with Crippen LogP contribution in [-0.2, 0) is 4.79 Å². The number of carbonyl (C=O) groups excluding carboxylic acids is 1. The topological polar surface area (TPSA) is 17.1 Å². The van der Waals surface area contributed by atoms with E-state index in [0.29, 0.717) is 15.1 Å². The van der Waals surface area contributed by atoms with Crippen molar-refractivity contribution in [1.82, 2.24) is 0 Å². The fraction of sp³-hybridized carbons (Fsp3) is 0.812. The molecular formula is C16H25IO. The molecule has 0 N–H and O–H groups in total. The Labute approximate surface area is 125 Å². The number of halogens is 1. The van der Waals surface area contributed by atoms with E-state index < -0.39 is 0 Å². The zero-order valence-corrected chi connectivity index (χ0v) is 14.4. The van der Waals surface area contributed by atoms with Crippen LogP contribution in [-0.4, -0.2) is 9.71 Å². The molecule has 0 spiro atoms. The third kappa shape index (κ3) is 2.08. The summed E-state index contributed by atoms with van der Waals surface area (Å²) in [5.74, 6) is 0.663. The van der Waals surface area contributed by atoms with Crippen molar-refractivity contribution in [3.05, 3.63) is 11.1 Å². The van der Waals surface area contributed by atoms with Crippen LogP contribution < -0.4 is 0 Å². The van der Waals surface area contributed by atoms with Crippen molar-refractivity contribution in [3.8, 4) is 0 Å². The molecule has 0 saturated heterocycles. The Kier molecular flexibility index (Phi) is 3.72. The quantitative estimate of drug-likeness (QED) is 0.368. The van der Waals surface area contributed by atoms with Gasteiger partial charge < -0.3 is 0 Å². The van der Waals surface area contributed by atoms with Gasteiger partial charge in [-0.1, -0.05) is 61.4 Å². The number of allylic oxidation sites excluding steroid dienone is 2. The summed E-state index contributed by atoms with van der Waals surface area (Å²) in [6.45, 7) is 11.3. The fourth-order valence-corrected chi connectivity index (χ4v) is 4.82. The maximum absolute atomic E-state index is 11.7. The van der Waals surface area contributed by atoms with Gasteiger partial charge in [0.1, 0.15) is 5.78 Å². The average Bonchev–Trinajstić information content (AvgIpc) is 2.27. The first kappa shape index (κ1) is 14.5. The van der Waals surface area contributed by atoms with Crippen LogP contribution in [0.25, 0.3) is 0 Å². The molecule has 0 bridgehead atoms. The molecule has 0 aromatic heterocycles. The highest BCUT2D eigenvalue weighted by atomic mass is 127. The van der Waals surface area contributed by atoms with Crippen LogP contribution >= 0.6 is 22.6 Å². The molecule has 2 unspecified atom stereocenters. The smallest absolute Gasteiger partial charge is 0.133 e. The van der Waals surface area contributed by atoms with Crippen molar-refractivity contribution in [2.45, 2.75) is 64.2 Å². The van der Waals surface area contributed by atoms with Crippen molar-refractivity contribution in [3.63, 3.8) is 0 Å². The maximum Gasteiger partial charge on any atom is 0.133 e. The Morgan fingerprint density at radius 1 is 1.22 bits per heavy atom. The van der Waals surface area contributed by atoms with Crippen LogP contribution in [0.3, 0.4) is 0 Å². The standard InChI is InChI=1S/C16H25IO/c1-10(18)11-6-7-12-9-14(17)16(4,5)15(2,3)13(12)8-11/h11,14H,6-9H2,1-5H3. The molecule has 2 aliphatic rings. The number of Topliss-reactive ketones (excluding diaryl/α,β-unsaturated/α-hetero) is 1. The number of rotatable bonds is 1. The molecule has 0 aromatic carbocycles. The van der Waals surface area contributed by atoms with Gasteiger partial charge in [0.2, 0.25) is 0 Å². The SMILES string of the molecule is CC(=O)C1CCC2=C(C1)C(C)(C)C(C)(C)C(I)C2. The Bertz CT molecular complexity index is 403. The summed E-state index contributed by atoms with van der Waals surface area (Å²) in [4.78, 5) is 11.7. The molecule has 0 saturated carbocycles. The molecule has 1 nitrogen and oxygen atoms in total. The van der Waals surface area contributed by atoms with Gasteiger partial charge in [0.05, 0.1) is 0 Å². The second-order valence-corrected chi connectivity index (χ2v) is 8.65. The summed E-state index contributed by atoms with van der Waals surface area (Å²) in [6.07, 6.45) is 4.48. The minimum atomic E-state index is 0.223. The van der Waals surface area contributed by atoms with E-state index in [4.69, 9.17) is 0 Å². The van der Waals surface area contributed by atoms with E-state index in [1.54, 1.807) is 18.1 Å². The van der Waals surface area contributed by atoms with Gasteiger partial charge in [-0.2, -0.15) is 0 Å². The molecule has 0 aliphatic heterocycles. The molecule has 0 amide bonds. The van der Waals surface area contributed by atoms with Gasteiger partial charge in [0.25, 0.3) is 0 Å². The molecular weight excluding hydrogens is 335 g/mol. The molecule has 2 aliphatic carbocycles. The Morgan fingerprint density at radius 3 is 2.39 bits per heavy atom. The lowest BCUT2D eigenvalue weighted by atomic mass is 9.54. The van der Waals surface area contributed by atoms with Crippen LogP contribution in [0.4, 0.5) is 0 Å². The number of hydrogen-bond donors (Lipinski definition) is 0. The highest BCUT2D eigenvalue weighted by molar-refractivity contribution is 14.1. The second-order valence-electron chi connectivity index (χ2n) is 7.15. The van der Waals surface area contributed by atoms with Gasteiger partial charge in [0, 0.05) is 9.84 Å². The number of carbonyl (C=O) groups is 1. The minimum absolute atomic E-state index is 0.223. The van der Waals surface area contributed by atoms with Crippen LogP contribution in [0.2, 0.25) is 0 Å². The van der Waals surface area contributed by atoms with Crippen molar-refractivity contribution in [2.24, 2.45) is 16.7 Å². The predicted octanol–water partition coefficient (Wildman–Crippen LogP) is 4.93. The molecule has 102 valence electrons.